The molecule has 2 amide bonds. The summed E-state index contributed by atoms with van der Waals surface area (Å²) in [5, 5.41) is 4.77. The van der Waals surface area contributed by atoms with Crippen molar-refractivity contribution in [1.29, 1.82) is 0 Å². The van der Waals surface area contributed by atoms with E-state index in [0.717, 1.165) is 17.5 Å². The van der Waals surface area contributed by atoms with Crippen LogP contribution in [0.25, 0.3) is 0 Å². The van der Waals surface area contributed by atoms with Gasteiger partial charge in [-0.1, -0.05) is 31.0 Å². The number of ether oxygens (including phenoxy) is 1. The Balaban J connectivity index is 1.73. The lowest BCUT2D eigenvalue weighted by Crippen LogP contribution is -2.55. The van der Waals surface area contributed by atoms with Gasteiger partial charge in [-0.2, -0.15) is 13.2 Å². The lowest BCUT2D eigenvalue weighted by atomic mass is 9.91. The molecule has 2 aliphatic heterocycles. The maximum atomic E-state index is 12.8. The Morgan fingerprint density at radius 1 is 1.33 bits per heavy atom. The first-order chi connectivity index (χ1) is 12.7. The fourth-order valence-corrected chi connectivity index (χ4v) is 3.69. The molecule has 148 valence electrons. The van der Waals surface area contributed by atoms with Crippen molar-refractivity contribution in [1.82, 2.24) is 10.6 Å². The third-order valence-electron chi connectivity index (χ3n) is 5.11. The largest absolute Gasteiger partial charge is 0.488 e. The zero-order chi connectivity index (χ0) is 19.8. The molecule has 8 heteroatoms. The van der Waals surface area contributed by atoms with Gasteiger partial charge in [0.2, 0.25) is 11.8 Å². The summed E-state index contributed by atoms with van der Waals surface area (Å²) in [5.41, 5.74) is 1.85. The van der Waals surface area contributed by atoms with E-state index < -0.39 is 36.0 Å². The number of carbonyl (C=O) groups is 2. The lowest BCUT2D eigenvalue weighted by molar-refractivity contribution is -0.171. The topological polar surface area (TPSA) is 67.4 Å². The van der Waals surface area contributed by atoms with Gasteiger partial charge in [-0.15, -0.1) is 0 Å². The van der Waals surface area contributed by atoms with Gasteiger partial charge < -0.3 is 15.4 Å². The zero-order valence-electron chi connectivity index (χ0n) is 15.2. The Labute approximate surface area is 155 Å². The Bertz CT molecular complexity index is 735. The summed E-state index contributed by atoms with van der Waals surface area (Å²) in [5.74, 6) is -1.87. The number of fused-ring (bicyclic) bond motifs is 1. The molecule has 5 nitrogen and oxygen atoms in total. The zero-order valence-corrected chi connectivity index (χ0v) is 15.2. The molecule has 3 rings (SSSR count). The fraction of sp³-hybridized carbons (Fsp3) is 0.579. The number of rotatable bonds is 4. The van der Waals surface area contributed by atoms with Crippen LogP contribution in [-0.2, 0) is 9.59 Å². The first kappa shape index (κ1) is 19.5. The molecule has 0 bridgehead atoms. The smallest absolute Gasteiger partial charge is 0.408 e. The molecular formula is C19H23F3N2O3. The second-order valence-corrected chi connectivity index (χ2v) is 7.21. The van der Waals surface area contributed by atoms with Gasteiger partial charge >= 0.3 is 6.18 Å². The van der Waals surface area contributed by atoms with Gasteiger partial charge in [-0.3, -0.25) is 9.59 Å². The van der Waals surface area contributed by atoms with Gasteiger partial charge in [-0.25, -0.2) is 0 Å². The van der Waals surface area contributed by atoms with Gasteiger partial charge in [0.05, 0.1) is 6.04 Å². The van der Waals surface area contributed by atoms with Crippen LogP contribution in [0, 0.1) is 12.8 Å². The quantitative estimate of drug-likeness (QED) is 0.784. The number of hydrogen-bond acceptors (Lipinski definition) is 3. The fourth-order valence-electron chi connectivity index (χ4n) is 3.69. The molecule has 0 aromatic heterocycles. The van der Waals surface area contributed by atoms with Crippen molar-refractivity contribution < 1.29 is 27.5 Å². The molecule has 1 aromatic rings. The highest BCUT2D eigenvalue weighted by molar-refractivity contribution is 6.01. The van der Waals surface area contributed by atoms with Gasteiger partial charge in [-0.05, 0) is 32.3 Å². The van der Waals surface area contributed by atoms with E-state index in [0.29, 0.717) is 12.2 Å². The van der Waals surface area contributed by atoms with Crippen LogP contribution >= 0.6 is 0 Å². The highest BCUT2D eigenvalue weighted by Crippen LogP contribution is 2.39. The molecule has 27 heavy (non-hydrogen) atoms. The Hall–Kier alpha value is -2.25. The van der Waals surface area contributed by atoms with E-state index in [-0.39, 0.29) is 18.9 Å². The monoisotopic (exact) mass is 384 g/mol. The summed E-state index contributed by atoms with van der Waals surface area (Å²) in [4.78, 5) is 24.7. The highest BCUT2D eigenvalue weighted by atomic mass is 19.4. The summed E-state index contributed by atoms with van der Waals surface area (Å²) in [6, 6.07) is 3.38. The lowest BCUT2D eigenvalue weighted by Gasteiger charge is -2.30. The second kappa shape index (κ2) is 7.40. The summed E-state index contributed by atoms with van der Waals surface area (Å²) in [7, 11) is 0. The molecule has 1 aromatic carbocycles. The molecule has 1 fully saturated rings. The van der Waals surface area contributed by atoms with Crippen molar-refractivity contribution >= 4 is 11.8 Å². The number of nitrogens with one attached hydrogen (secondary N) is 2. The van der Waals surface area contributed by atoms with Crippen molar-refractivity contribution in [2.24, 2.45) is 5.92 Å². The molecule has 2 heterocycles. The van der Waals surface area contributed by atoms with E-state index in [2.05, 4.69) is 5.32 Å². The summed E-state index contributed by atoms with van der Waals surface area (Å²) < 4.78 is 44.3. The van der Waals surface area contributed by atoms with Crippen molar-refractivity contribution in [3.05, 3.63) is 29.3 Å². The number of alkyl halides is 3. The minimum atomic E-state index is -4.50. The van der Waals surface area contributed by atoms with E-state index in [4.69, 9.17) is 4.74 Å². The number of hydrogen-bond donors (Lipinski definition) is 2. The number of aryl methyl sites for hydroxylation is 1. The van der Waals surface area contributed by atoms with Gasteiger partial charge in [0, 0.05) is 5.56 Å². The van der Waals surface area contributed by atoms with Crippen LogP contribution in [0.2, 0.25) is 0 Å². The standard InChI is InChI=1S/C19H23F3N2O3/c1-3-4-14-16(12-9-10(2)5-7-13(12)27-14)24-18(26)11-6-8-15(19(20,21)22)23-17(11)25/h5,7,9,11,14-16H,3-4,6,8H2,1-2H3,(H,23,25)(H,24,26)/t11?,14-,15?,16?/m0/s1. The molecule has 2 aliphatic rings. The molecule has 0 radical (unpaired) electrons. The van der Waals surface area contributed by atoms with Gasteiger partial charge in [0.1, 0.15) is 23.8 Å². The van der Waals surface area contributed by atoms with Gasteiger partial charge in [0.25, 0.3) is 0 Å². The van der Waals surface area contributed by atoms with Crippen LogP contribution in [0.4, 0.5) is 13.2 Å². The molecule has 0 saturated carbocycles. The highest BCUT2D eigenvalue weighted by Gasteiger charge is 2.46. The Morgan fingerprint density at radius 3 is 2.70 bits per heavy atom. The summed E-state index contributed by atoms with van der Waals surface area (Å²) in [6.45, 7) is 3.93. The van der Waals surface area contributed by atoms with E-state index >= 15 is 0 Å². The van der Waals surface area contributed by atoms with Crippen LogP contribution in [0.3, 0.4) is 0 Å². The van der Waals surface area contributed by atoms with E-state index in [9.17, 15) is 22.8 Å². The van der Waals surface area contributed by atoms with E-state index in [1.807, 2.05) is 37.4 Å². The average Bonchev–Trinajstić information content (AvgIpc) is 2.91. The van der Waals surface area contributed by atoms with Crippen LogP contribution < -0.4 is 15.4 Å². The number of amides is 2. The Kier molecular flexibility index (Phi) is 5.35. The van der Waals surface area contributed by atoms with Crippen LogP contribution in [-0.4, -0.2) is 30.1 Å². The predicted octanol–water partition coefficient (Wildman–Crippen LogP) is 3.17. The molecule has 4 atom stereocenters. The van der Waals surface area contributed by atoms with Crippen LogP contribution in [0.5, 0.6) is 5.75 Å². The van der Waals surface area contributed by atoms with Crippen molar-refractivity contribution in [3.8, 4) is 5.75 Å². The van der Waals surface area contributed by atoms with Crippen LogP contribution in [0.15, 0.2) is 18.2 Å². The molecule has 3 unspecified atom stereocenters. The number of benzene rings is 1. The number of piperidine rings is 1. The number of carbonyl (C=O) groups excluding carboxylic acids is 2. The van der Waals surface area contributed by atoms with Crippen molar-refractivity contribution in [3.63, 3.8) is 0 Å². The molecule has 1 saturated heterocycles. The SMILES string of the molecule is CCC[C@@H]1Oc2ccc(C)cc2C1NC(=O)C1CCC(C(F)(F)F)NC1=O. The molecule has 0 aliphatic carbocycles. The minimum Gasteiger partial charge on any atom is -0.488 e. The van der Waals surface area contributed by atoms with Gasteiger partial charge in [0.15, 0.2) is 0 Å². The predicted molar refractivity (Wildman–Crippen MR) is 92.1 cm³/mol. The van der Waals surface area contributed by atoms with Crippen molar-refractivity contribution in [2.45, 2.75) is 63.9 Å². The summed E-state index contributed by atoms with van der Waals surface area (Å²) in [6.07, 6.45) is -3.63. The maximum Gasteiger partial charge on any atom is 0.408 e. The Morgan fingerprint density at radius 2 is 2.07 bits per heavy atom. The number of halogens is 3. The first-order valence-corrected chi connectivity index (χ1v) is 9.15. The third-order valence-corrected chi connectivity index (χ3v) is 5.11. The van der Waals surface area contributed by atoms with E-state index in [1.165, 1.54) is 0 Å². The van der Waals surface area contributed by atoms with E-state index in [1.54, 1.807) is 0 Å². The van der Waals surface area contributed by atoms with Crippen LogP contribution in [0.1, 0.15) is 49.8 Å². The maximum absolute atomic E-state index is 12.8. The molecule has 2 N–H and O–H groups in total. The minimum absolute atomic E-state index is 0.130. The molecule has 0 spiro atoms. The molecular weight excluding hydrogens is 361 g/mol. The van der Waals surface area contributed by atoms with Crippen molar-refractivity contribution in [2.75, 3.05) is 0 Å². The normalized spacial score (nSPS) is 27.5. The third kappa shape index (κ3) is 4.04. The summed E-state index contributed by atoms with van der Waals surface area (Å²) >= 11 is 0. The second-order valence-electron chi connectivity index (χ2n) is 7.21. The average molecular weight is 384 g/mol. The first-order valence-electron chi connectivity index (χ1n) is 9.15.